The topological polar surface area (TPSA) is 112 Å². The third-order valence-corrected chi connectivity index (χ3v) is 7.42. The molecule has 202 valence electrons. The number of aromatic nitrogens is 1. The second kappa shape index (κ2) is 11.1. The normalized spacial score (nSPS) is 16.3. The summed E-state index contributed by atoms with van der Waals surface area (Å²) in [4.78, 5) is 39.0. The van der Waals surface area contributed by atoms with Crippen LogP contribution >= 0.6 is 11.6 Å². The molecular weight excluding hydrogens is 513 g/mol. The third-order valence-electron chi connectivity index (χ3n) is 7.13. The van der Waals surface area contributed by atoms with Crippen LogP contribution in [0.4, 0.5) is 10.1 Å². The van der Waals surface area contributed by atoms with E-state index in [-0.39, 0.29) is 41.3 Å². The molecule has 8 nitrogen and oxygen atoms in total. The Morgan fingerprint density at radius 2 is 1.97 bits per heavy atom. The van der Waals surface area contributed by atoms with Gasteiger partial charge in [-0.05, 0) is 41.7 Å². The Morgan fingerprint density at radius 3 is 2.61 bits per heavy atom. The second-order valence-corrected chi connectivity index (χ2v) is 10.5. The number of pyridine rings is 1. The van der Waals surface area contributed by atoms with E-state index in [1.807, 2.05) is 13.8 Å². The highest BCUT2D eigenvalue weighted by Crippen LogP contribution is 2.34. The summed E-state index contributed by atoms with van der Waals surface area (Å²) in [6.07, 6.45) is 2.11. The van der Waals surface area contributed by atoms with Crippen LogP contribution in [-0.2, 0) is 11.2 Å². The van der Waals surface area contributed by atoms with Gasteiger partial charge in [-0.15, -0.1) is 0 Å². The van der Waals surface area contributed by atoms with E-state index in [0.29, 0.717) is 36.2 Å². The van der Waals surface area contributed by atoms with Gasteiger partial charge in [-0.25, -0.2) is 9.18 Å². The van der Waals surface area contributed by atoms with E-state index in [9.17, 15) is 29.0 Å². The van der Waals surface area contributed by atoms with Crippen LogP contribution in [0.15, 0.2) is 41.3 Å². The molecule has 1 amide bonds. The molecule has 38 heavy (non-hydrogen) atoms. The van der Waals surface area contributed by atoms with Crippen LogP contribution in [0.25, 0.3) is 10.9 Å². The number of aliphatic hydroxyl groups is 1. The number of carbonyl (C=O) groups is 2. The summed E-state index contributed by atoms with van der Waals surface area (Å²) in [6, 6.07) is 7.60. The fourth-order valence-corrected chi connectivity index (χ4v) is 5.38. The molecule has 1 saturated heterocycles. The summed E-state index contributed by atoms with van der Waals surface area (Å²) in [7, 11) is 0. The molecule has 0 bridgehead atoms. The van der Waals surface area contributed by atoms with Gasteiger partial charge in [0.25, 0.3) is 0 Å². The number of nitrogens with one attached hydrogen (secondary N) is 1. The van der Waals surface area contributed by atoms with Crippen LogP contribution in [-0.4, -0.2) is 52.4 Å². The van der Waals surface area contributed by atoms with Crippen LogP contribution in [0.1, 0.15) is 54.7 Å². The van der Waals surface area contributed by atoms with Crippen molar-refractivity contribution < 1.29 is 24.2 Å². The standard InChI is InChI=1S/C28H31ClFN3O5/c1-15(2)25(14-34)33-13-21(28(37)38)27(36)20-10-18(9-17-5-4-6-22(29)26(17)30)23(11-24(20)33)32-8-7-19(12-32)31-16(3)35/h4-6,10-11,13,15,19,25,34H,7-9,12,14H2,1-3H3,(H,31,35)(H,37,38)/t19-,25-/m1/s1. The fraction of sp³-hybridized carbons (Fsp3) is 0.393. The largest absolute Gasteiger partial charge is 0.477 e. The summed E-state index contributed by atoms with van der Waals surface area (Å²) in [6.45, 7) is 6.15. The summed E-state index contributed by atoms with van der Waals surface area (Å²) in [5.41, 5.74) is 1.11. The predicted molar refractivity (Wildman–Crippen MR) is 145 cm³/mol. The number of carboxylic acids is 1. The zero-order valence-electron chi connectivity index (χ0n) is 21.5. The van der Waals surface area contributed by atoms with Gasteiger partial charge >= 0.3 is 5.97 Å². The van der Waals surface area contributed by atoms with Crippen LogP contribution < -0.4 is 15.6 Å². The maximum absolute atomic E-state index is 14.9. The molecule has 1 aliphatic rings. The number of fused-ring (bicyclic) bond motifs is 1. The smallest absolute Gasteiger partial charge is 0.341 e. The van der Waals surface area contributed by atoms with E-state index in [4.69, 9.17) is 11.6 Å². The molecule has 2 aromatic carbocycles. The predicted octanol–water partition coefficient (Wildman–Crippen LogP) is 3.99. The summed E-state index contributed by atoms with van der Waals surface area (Å²) in [5.74, 6) is -2.12. The van der Waals surface area contributed by atoms with Crippen molar-refractivity contribution >= 4 is 40.1 Å². The van der Waals surface area contributed by atoms with Crippen LogP contribution in [0.3, 0.4) is 0 Å². The molecule has 1 fully saturated rings. The van der Waals surface area contributed by atoms with E-state index in [2.05, 4.69) is 10.2 Å². The minimum Gasteiger partial charge on any atom is -0.477 e. The highest BCUT2D eigenvalue weighted by molar-refractivity contribution is 6.30. The SMILES string of the molecule is CC(=O)N[C@@H]1CCN(c2cc3c(cc2Cc2cccc(Cl)c2F)c(=O)c(C(=O)O)cn3[C@H](CO)C(C)C)C1. The van der Waals surface area contributed by atoms with Gasteiger partial charge < -0.3 is 25.0 Å². The van der Waals surface area contributed by atoms with Gasteiger partial charge in [0.1, 0.15) is 11.4 Å². The van der Waals surface area contributed by atoms with Gasteiger partial charge in [-0.1, -0.05) is 37.6 Å². The van der Waals surface area contributed by atoms with Gasteiger partial charge in [0, 0.05) is 49.7 Å². The number of hydrogen-bond donors (Lipinski definition) is 3. The average molecular weight is 544 g/mol. The number of nitrogens with zero attached hydrogens (tertiary/aromatic N) is 2. The Morgan fingerprint density at radius 1 is 1.24 bits per heavy atom. The average Bonchev–Trinajstić information content (AvgIpc) is 3.30. The highest BCUT2D eigenvalue weighted by atomic mass is 35.5. The fourth-order valence-electron chi connectivity index (χ4n) is 5.19. The maximum Gasteiger partial charge on any atom is 0.341 e. The molecule has 0 aliphatic carbocycles. The van der Waals surface area contributed by atoms with E-state index in [1.165, 1.54) is 19.2 Å². The van der Waals surface area contributed by atoms with E-state index in [0.717, 1.165) is 5.69 Å². The Balaban J connectivity index is 1.98. The number of carboxylic acid groups (broad SMARTS) is 1. The molecule has 3 N–H and O–H groups in total. The number of aromatic carboxylic acids is 1. The number of aliphatic hydroxyl groups excluding tert-OH is 1. The van der Waals surface area contributed by atoms with Gasteiger partial charge in [0.2, 0.25) is 11.3 Å². The molecule has 2 heterocycles. The van der Waals surface area contributed by atoms with Crippen LogP contribution in [0.5, 0.6) is 0 Å². The summed E-state index contributed by atoms with van der Waals surface area (Å²) in [5, 5.41) is 23.0. The number of benzene rings is 2. The Hall–Kier alpha value is -3.43. The van der Waals surface area contributed by atoms with Crippen LogP contribution in [0.2, 0.25) is 5.02 Å². The Labute approximate surface area is 224 Å². The molecule has 10 heteroatoms. The monoisotopic (exact) mass is 543 g/mol. The van der Waals surface area contributed by atoms with Crippen molar-refractivity contribution in [3.05, 3.63) is 74.3 Å². The van der Waals surface area contributed by atoms with Crippen molar-refractivity contribution in [3.63, 3.8) is 0 Å². The van der Waals surface area contributed by atoms with E-state index in [1.54, 1.807) is 28.8 Å². The lowest BCUT2D eigenvalue weighted by Crippen LogP contribution is -2.35. The Kier molecular flexibility index (Phi) is 8.08. The molecule has 0 unspecified atom stereocenters. The molecule has 0 radical (unpaired) electrons. The maximum atomic E-state index is 14.9. The van der Waals surface area contributed by atoms with Gasteiger partial charge in [0.05, 0.1) is 23.2 Å². The van der Waals surface area contributed by atoms with Gasteiger partial charge in [0.15, 0.2) is 0 Å². The number of rotatable bonds is 8. The summed E-state index contributed by atoms with van der Waals surface area (Å²) < 4.78 is 16.6. The van der Waals surface area contributed by atoms with E-state index >= 15 is 0 Å². The number of hydrogen-bond acceptors (Lipinski definition) is 5. The highest BCUT2D eigenvalue weighted by Gasteiger charge is 2.28. The first kappa shape index (κ1) is 27.6. The minimum absolute atomic E-state index is 0.0185. The number of amides is 1. The van der Waals surface area contributed by atoms with E-state index < -0.39 is 28.8 Å². The Bertz CT molecular complexity index is 1450. The summed E-state index contributed by atoms with van der Waals surface area (Å²) >= 11 is 6.02. The van der Waals surface area contributed by atoms with Crippen molar-refractivity contribution in [2.24, 2.45) is 5.92 Å². The molecule has 0 spiro atoms. The van der Waals surface area contributed by atoms with Crippen LogP contribution in [0, 0.1) is 11.7 Å². The zero-order chi connectivity index (χ0) is 27.7. The zero-order valence-corrected chi connectivity index (χ0v) is 22.3. The lowest BCUT2D eigenvalue weighted by molar-refractivity contribution is -0.119. The first-order valence-corrected chi connectivity index (χ1v) is 12.9. The number of anilines is 1. The number of carbonyl (C=O) groups excluding carboxylic acids is 1. The third kappa shape index (κ3) is 5.39. The van der Waals surface area contributed by atoms with Crippen molar-refractivity contribution in [1.82, 2.24) is 9.88 Å². The second-order valence-electron chi connectivity index (χ2n) is 10.1. The first-order chi connectivity index (χ1) is 18.0. The van der Waals surface area contributed by atoms with Crippen molar-refractivity contribution in [2.45, 2.75) is 45.7 Å². The first-order valence-electron chi connectivity index (χ1n) is 12.5. The molecule has 1 aromatic heterocycles. The number of halogens is 2. The molecule has 4 rings (SSSR count). The van der Waals surface area contributed by atoms with Gasteiger partial charge in [-0.2, -0.15) is 0 Å². The molecule has 2 atom stereocenters. The lowest BCUT2D eigenvalue weighted by Gasteiger charge is -2.28. The molecule has 0 saturated carbocycles. The molecular formula is C28H31ClFN3O5. The molecule has 3 aromatic rings. The quantitative estimate of drug-likeness (QED) is 0.396. The minimum atomic E-state index is -1.37. The van der Waals surface area contributed by atoms with Crippen molar-refractivity contribution in [3.8, 4) is 0 Å². The molecule has 1 aliphatic heterocycles. The van der Waals surface area contributed by atoms with Gasteiger partial charge in [-0.3, -0.25) is 9.59 Å². The van der Waals surface area contributed by atoms with Crippen molar-refractivity contribution in [1.29, 1.82) is 0 Å². The van der Waals surface area contributed by atoms with Crippen molar-refractivity contribution in [2.75, 3.05) is 24.6 Å². The lowest BCUT2D eigenvalue weighted by atomic mass is 9.97.